The van der Waals surface area contributed by atoms with Crippen molar-refractivity contribution in [3.63, 3.8) is 0 Å². The number of hydrogen-bond acceptors (Lipinski definition) is 3. The van der Waals surface area contributed by atoms with E-state index in [9.17, 15) is 0 Å². The molecule has 7 aromatic rings. The van der Waals surface area contributed by atoms with Crippen LogP contribution < -0.4 is 15.7 Å². The molecule has 0 saturated heterocycles. The first kappa shape index (κ1) is 35.0. The second kappa shape index (κ2) is 14.5. The summed E-state index contributed by atoms with van der Waals surface area (Å²) in [5.41, 5.74) is 15.0. The molecule has 0 unspecified atom stereocenters. The summed E-state index contributed by atoms with van der Waals surface area (Å²) in [5.74, 6) is 1.25. The monoisotopic (exact) mass is 764 g/mol. The predicted octanol–water partition coefficient (Wildman–Crippen LogP) is 9.30. The van der Waals surface area contributed by atoms with Crippen LogP contribution >= 0.6 is 0 Å². The van der Waals surface area contributed by atoms with E-state index in [1.165, 1.54) is 11.1 Å². The fourth-order valence-corrected chi connectivity index (χ4v) is 7.54. The van der Waals surface area contributed by atoms with Crippen LogP contribution in [0.15, 0.2) is 190 Å². The number of nitrogens with zero attached hydrogens (tertiary/aromatic N) is 3. The number of aryl methyl sites for hydroxylation is 2. The van der Waals surface area contributed by atoms with E-state index in [0.717, 1.165) is 89.3 Å². The Hall–Kier alpha value is -6.75. The standard InChI is InChI=1S/C50H34N4O.Ni/c1-31-15-19-35(20-16-31)47-39-24-23-38(52-39)46(33-10-5-3-6-11-33)37-30-45(55-50(37)44-14-9-29-51-44)49(34-12-7-4-8-13-34)43-28-27-42(54-43)48(41-26-25-40(47)53-41)36-21-17-32(2)18-22-36;/h3-29,51H,1-2H3;/q-2;+2. The molecule has 0 amide bonds. The van der Waals surface area contributed by atoms with E-state index >= 15 is 0 Å². The van der Waals surface area contributed by atoms with Crippen LogP contribution in [0.1, 0.15) is 44.7 Å². The van der Waals surface area contributed by atoms with Crippen LogP contribution in [0, 0.1) is 19.9 Å². The van der Waals surface area contributed by atoms with Gasteiger partial charge in [0.15, 0.2) is 0 Å². The topological polar surface area (TPSA) is 67.8 Å². The number of hydrogen-bond donors (Lipinski definition) is 1. The zero-order chi connectivity index (χ0) is 36.9. The third-order valence-corrected chi connectivity index (χ3v) is 10.3. The normalized spacial score (nSPS) is 14.7. The number of nitrogens with one attached hydrogen (secondary N) is 1. The minimum Gasteiger partial charge on any atom is -0.657 e. The van der Waals surface area contributed by atoms with Gasteiger partial charge in [-0.15, -0.1) is 10.7 Å². The number of benzene rings is 4. The minimum absolute atomic E-state index is 0. The molecule has 0 spiro atoms. The Morgan fingerprint density at radius 3 is 1.54 bits per heavy atom. The van der Waals surface area contributed by atoms with Crippen molar-refractivity contribution >= 4 is 33.7 Å². The predicted molar refractivity (Wildman–Crippen MR) is 222 cm³/mol. The molecule has 1 N–H and O–H groups in total. The summed E-state index contributed by atoms with van der Waals surface area (Å²) < 4.78 is 6.98. The number of allylic oxidation sites excluding steroid dienone is 4. The maximum absolute atomic E-state index is 6.98. The fraction of sp³-hybridized carbons (Fsp3) is 0.0400. The van der Waals surface area contributed by atoms with Crippen LogP contribution in [0.5, 0.6) is 0 Å². The molecule has 8 bridgehead atoms. The van der Waals surface area contributed by atoms with Gasteiger partial charge in [0, 0.05) is 29.0 Å². The van der Waals surface area contributed by atoms with Gasteiger partial charge in [-0.2, -0.15) is 0 Å². The molecule has 0 radical (unpaired) electrons. The number of aromatic amines is 1. The average molecular weight is 766 g/mol. The number of furan rings is 1. The van der Waals surface area contributed by atoms with Crippen LogP contribution in [0.4, 0.5) is 0 Å². The zero-order valence-electron chi connectivity index (χ0n) is 30.7. The van der Waals surface area contributed by atoms with Gasteiger partial charge >= 0.3 is 16.5 Å². The average Bonchev–Trinajstić information content (AvgIpc) is 4.07. The summed E-state index contributed by atoms with van der Waals surface area (Å²) in [7, 11) is 0. The van der Waals surface area contributed by atoms with Gasteiger partial charge in [-0.3, -0.25) is 9.98 Å². The third kappa shape index (κ3) is 6.24. The zero-order valence-corrected chi connectivity index (χ0v) is 31.6. The molecular weight excluding hydrogens is 731 g/mol. The molecule has 10 rings (SSSR count). The molecule has 0 aliphatic carbocycles. The van der Waals surface area contributed by atoms with Crippen molar-refractivity contribution in [2.24, 2.45) is 9.98 Å². The summed E-state index contributed by atoms with van der Waals surface area (Å²) in [5, 5.41) is 1.68. The fourth-order valence-electron chi connectivity index (χ4n) is 7.54. The summed E-state index contributed by atoms with van der Waals surface area (Å²) in [6.07, 6.45) is 10.3. The van der Waals surface area contributed by atoms with Crippen LogP contribution in [0.2, 0.25) is 0 Å². The van der Waals surface area contributed by atoms with E-state index < -0.39 is 0 Å². The van der Waals surface area contributed by atoms with Gasteiger partial charge in [-0.1, -0.05) is 161 Å². The van der Waals surface area contributed by atoms with Gasteiger partial charge in [-0.05, 0) is 78.1 Å². The number of rotatable bonds is 5. The van der Waals surface area contributed by atoms with E-state index in [1.54, 1.807) is 0 Å². The molecule has 0 saturated carbocycles. The van der Waals surface area contributed by atoms with E-state index in [-0.39, 0.29) is 16.5 Å². The van der Waals surface area contributed by atoms with Crippen molar-refractivity contribution in [1.82, 2.24) is 9.97 Å². The Kier molecular flexibility index (Phi) is 9.05. The number of H-pyrrole nitrogens is 1. The summed E-state index contributed by atoms with van der Waals surface area (Å²) >= 11 is 0. The van der Waals surface area contributed by atoms with Crippen molar-refractivity contribution < 1.29 is 20.9 Å². The van der Waals surface area contributed by atoms with E-state index in [2.05, 4.69) is 146 Å². The molecule has 4 aromatic carbocycles. The quantitative estimate of drug-likeness (QED) is 0.140. The van der Waals surface area contributed by atoms with E-state index in [0.29, 0.717) is 11.5 Å². The summed E-state index contributed by atoms with van der Waals surface area (Å²) in [6.45, 7) is 4.21. The van der Waals surface area contributed by atoms with E-state index in [4.69, 9.17) is 19.4 Å². The van der Waals surface area contributed by atoms with E-state index in [1.807, 2.05) is 42.6 Å². The first-order valence-electron chi connectivity index (χ1n) is 18.4. The van der Waals surface area contributed by atoms with Crippen molar-refractivity contribution in [2.45, 2.75) is 13.8 Å². The molecular formula is C50H34N4NiO. The van der Waals surface area contributed by atoms with Gasteiger partial charge in [0.25, 0.3) is 0 Å². The van der Waals surface area contributed by atoms with Crippen molar-refractivity contribution in [3.8, 4) is 11.5 Å². The van der Waals surface area contributed by atoms with Crippen molar-refractivity contribution in [1.29, 1.82) is 0 Å². The smallest absolute Gasteiger partial charge is 0.657 e. The number of aliphatic imine (C=N–C) groups is 2. The SMILES string of the molecule is Cc1ccc(C2=c3ccc([n-]3)=C(c3ccc(C)cc3)C3=NC(=C(c4ccccc4)c4[c-]c(oc4-c4ccc[nH]4)C(c4ccccc4)=C4C=CC2=N4)C=C3)cc1.[Ni+2]. The molecule has 6 heteroatoms. The Morgan fingerprint density at radius 1 is 0.518 bits per heavy atom. The number of aromatic nitrogens is 2. The Labute approximate surface area is 335 Å². The van der Waals surface area contributed by atoms with Gasteiger partial charge in [-0.25, -0.2) is 0 Å². The molecule has 0 fully saturated rings. The second-order valence-corrected chi connectivity index (χ2v) is 14.0. The molecule has 0 atom stereocenters. The minimum atomic E-state index is 0. The van der Waals surface area contributed by atoms with Gasteiger partial charge in [0.1, 0.15) is 0 Å². The molecule has 3 aliphatic rings. The van der Waals surface area contributed by atoms with Crippen molar-refractivity contribution in [2.75, 3.05) is 0 Å². The van der Waals surface area contributed by atoms with Gasteiger partial charge < -0.3 is 14.4 Å². The molecule has 3 aliphatic heterocycles. The molecule has 5 nitrogen and oxygen atoms in total. The van der Waals surface area contributed by atoms with Crippen LogP contribution in [0.25, 0.3) is 33.7 Å². The second-order valence-electron chi connectivity index (χ2n) is 14.0. The Morgan fingerprint density at radius 2 is 1.02 bits per heavy atom. The Balaban J connectivity index is 0.00000410. The first-order chi connectivity index (χ1) is 27.1. The van der Waals surface area contributed by atoms with Crippen LogP contribution in [-0.4, -0.2) is 16.4 Å². The number of fused-ring (bicyclic) bond motifs is 6. The third-order valence-electron chi connectivity index (χ3n) is 10.3. The molecule has 6 heterocycles. The Bertz CT molecular complexity index is 2930. The van der Waals surface area contributed by atoms with Gasteiger partial charge in [0.05, 0.1) is 17.2 Å². The maximum Gasteiger partial charge on any atom is 2.00 e. The molecule has 56 heavy (non-hydrogen) atoms. The molecule has 3 aromatic heterocycles. The summed E-state index contributed by atoms with van der Waals surface area (Å²) in [4.78, 5) is 19.6. The van der Waals surface area contributed by atoms with Crippen LogP contribution in [0.3, 0.4) is 0 Å². The largest absolute Gasteiger partial charge is 2.00 e. The summed E-state index contributed by atoms with van der Waals surface area (Å²) in [6, 6.07) is 49.8. The van der Waals surface area contributed by atoms with Crippen LogP contribution in [-0.2, 0) is 16.5 Å². The molecule has 270 valence electrons. The first-order valence-corrected chi connectivity index (χ1v) is 18.4. The maximum atomic E-state index is 6.98. The van der Waals surface area contributed by atoms with Crippen molar-refractivity contribution in [3.05, 3.63) is 237 Å². The van der Waals surface area contributed by atoms with Gasteiger partial charge in [0.2, 0.25) is 0 Å².